The molecule has 0 radical (unpaired) electrons. The molecule has 0 fully saturated rings. The quantitative estimate of drug-likeness (QED) is 0.611. The highest BCUT2D eigenvalue weighted by Gasteiger charge is 2.24. The Balaban J connectivity index is 2.57. The number of hydrogen-bond acceptors (Lipinski definition) is 4. The average molecular weight is 307 g/mol. The second kappa shape index (κ2) is 6.89. The Kier molecular flexibility index (Phi) is 5.15. The number of fused-ring (bicyclic) bond motifs is 1. The van der Waals surface area contributed by atoms with Gasteiger partial charge >= 0.3 is 5.97 Å². The summed E-state index contributed by atoms with van der Waals surface area (Å²) in [4.78, 5) is 11.9. The molecular weight excluding hydrogens is 284 g/mol. The van der Waals surface area contributed by atoms with Crippen LogP contribution in [-0.2, 0) is 17.8 Å². The summed E-state index contributed by atoms with van der Waals surface area (Å²) in [6.45, 7) is 6.85. The zero-order chi connectivity index (χ0) is 16.3. The van der Waals surface area contributed by atoms with Crippen LogP contribution in [0, 0.1) is 6.92 Å². The highest BCUT2D eigenvalue weighted by atomic mass is 16.5. The summed E-state index contributed by atoms with van der Waals surface area (Å²) in [5.41, 5.74) is 2.31. The molecule has 0 amide bonds. The number of hydrogen-bond donors (Lipinski definition) is 2. The van der Waals surface area contributed by atoms with Crippen molar-refractivity contribution < 1.29 is 24.3 Å². The fourth-order valence-electron chi connectivity index (χ4n) is 2.70. The number of nitrogens with zero attached hydrogens (tertiary/aromatic N) is 2. The lowest BCUT2D eigenvalue weighted by atomic mass is 10.2. The molecule has 0 aliphatic carbocycles. The number of aryl methyl sites for hydroxylation is 1. The Morgan fingerprint density at radius 3 is 2.73 bits per heavy atom. The molecule has 6 heteroatoms. The maximum absolute atomic E-state index is 11.9. The van der Waals surface area contributed by atoms with Gasteiger partial charge in [0.25, 0.3) is 5.82 Å². The first-order valence-electron chi connectivity index (χ1n) is 7.52. The number of aromatic nitrogens is 2. The SMILES string of the molecule is CCOC(=O)c1ccc2c(c1)n(CC(O)CO)c(C)[n+]2CC. The van der Waals surface area contributed by atoms with Crippen molar-refractivity contribution in [1.29, 1.82) is 0 Å². The van der Waals surface area contributed by atoms with Gasteiger partial charge in [0.15, 0.2) is 11.0 Å². The van der Waals surface area contributed by atoms with E-state index < -0.39 is 6.10 Å². The van der Waals surface area contributed by atoms with Crippen molar-refractivity contribution in [2.75, 3.05) is 13.2 Å². The van der Waals surface area contributed by atoms with E-state index >= 15 is 0 Å². The van der Waals surface area contributed by atoms with Gasteiger partial charge in [0.1, 0.15) is 12.6 Å². The van der Waals surface area contributed by atoms with Crippen molar-refractivity contribution in [2.24, 2.45) is 0 Å². The molecule has 22 heavy (non-hydrogen) atoms. The number of rotatable bonds is 6. The molecule has 2 rings (SSSR count). The molecule has 2 N–H and O–H groups in total. The van der Waals surface area contributed by atoms with Gasteiger partial charge in [0.2, 0.25) is 0 Å². The molecule has 1 heterocycles. The Morgan fingerprint density at radius 1 is 1.41 bits per heavy atom. The number of ether oxygens (including phenoxy) is 1. The van der Waals surface area contributed by atoms with E-state index in [-0.39, 0.29) is 19.1 Å². The van der Waals surface area contributed by atoms with Gasteiger partial charge < -0.3 is 14.9 Å². The van der Waals surface area contributed by atoms with E-state index in [1.165, 1.54) is 0 Å². The van der Waals surface area contributed by atoms with Crippen molar-refractivity contribution in [3.05, 3.63) is 29.6 Å². The average Bonchev–Trinajstić information content (AvgIpc) is 2.78. The van der Waals surface area contributed by atoms with E-state index in [1.807, 2.05) is 24.5 Å². The second-order valence-corrected chi connectivity index (χ2v) is 5.16. The van der Waals surface area contributed by atoms with E-state index in [2.05, 4.69) is 4.57 Å². The highest BCUT2D eigenvalue weighted by Crippen LogP contribution is 2.18. The molecule has 0 saturated heterocycles. The lowest BCUT2D eigenvalue weighted by molar-refractivity contribution is -0.675. The Bertz CT molecular complexity index is 678. The molecule has 0 aliphatic rings. The van der Waals surface area contributed by atoms with Gasteiger partial charge in [0.05, 0.1) is 25.3 Å². The van der Waals surface area contributed by atoms with Crippen LogP contribution in [0.4, 0.5) is 0 Å². The molecule has 1 aromatic heterocycles. The molecule has 1 atom stereocenters. The zero-order valence-corrected chi connectivity index (χ0v) is 13.2. The maximum atomic E-state index is 11.9. The largest absolute Gasteiger partial charge is 0.462 e. The zero-order valence-electron chi connectivity index (χ0n) is 13.2. The fourth-order valence-corrected chi connectivity index (χ4v) is 2.70. The van der Waals surface area contributed by atoms with Gasteiger partial charge in [-0.25, -0.2) is 13.9 Å². The number of aliphatic hydroxyl groups excluding tert-OH is 2. The van der Waals surface area contributed by atoms with Crippen LogP contribution >= 0.6 is 0 Å². The fraction of sp³-hybridized carbons (Fsp3) is 0.500. The number of carbonyl (C=O) groups excluding carboxylic acids is 1. The Morgan fingerprint density at radius 2 is 2.14 bits per heavy atom. The monoisotopic (exact) mass is 307 g/mol. The minimum atomic E-state index is -0.842. The van der Waals surface area contributed by atoms with Gasteiger partial charge in [-0.3, -0.25) is 0 Å². The molecule has 6 nitrogen and oxygen atoms in total. The summed E-state index contributed by atoms with van der Waals surface area (Å²) in [6.07, 6.45) is -0.842. The highest BCUT2D eigenvalue weighted by molar-refractivity contribution is 5.93. The second-order valence-electron chi connectivity index (χ2n) is 5.16. The normalized spacial score (nSPS) is 12.6. The summed E-state index contributed by atoms with van der Waals surface area (Å²) in [7, 11) is 0. The van der Waals surface area contributed by atoms with Crippen molar-refractivity contribution >= 4 is 17.0 Å². The summed E-state index contributed by atoms with van der Waals surface area (Å²) in [5, 5.41) is 18.9. The first-order chi connectivity index (χ1) is 10.5. The van der Waals surface area contributed by atoms with Crippen LogP contribution in [0.3, 0.4) is 0 Å². The predicted molar refractivity (Wildman–Crippen MR) is 81.6 cm³/mol. The van der Waals surface area contributed by atoms with Crippen molar-refractivity contribution in [3.63, 3.8) is 0 Å². The van der Waals surface area contributed by atoms with Crippen LogP contribution in [0.25, 0.3) is 11.0 Å². The topological polar surface area (TPSA) is 75.6 Å². The van der Waals surface area contributed by atoms with Crippen molar-refractivity contribution in [2.45, 2.75) is 40.0 Å². The van der Waals surface area contributed by atoms with Crippen LogP contribution in [0.2, 0.25) is 0 Å². The predicted octanol–water partition coefficient (Wildman–Crippen LogP) is 0.787. The number of esters is 1. The van der Waals surface area contributed by atoms with E-state index in [0.29, 0.717) is 12.2 Å². The summed E-state index contributed by atoms with van der Waals surface area (Å²) in [6, 6.07) is 5.41. The van der Waals surface area contributed by atoms with Crippen LogP contribution < -0.4 is 4.57 Å². The van der Waals surface area contributed by atoms with Crippen LogP contribution in [0.15, 0.2) is 18.2 Å². The lowest BCUT2D eigenvalue weighted by Gasteiger charge is -2.06. The molecule has 1 aromatic carbocycles. The van der Waals surface area contributed by atoms with Gasteiger partial charge in [0, 0.05) is 13.0 Å². The van der Waals surface area contributed by atoms with Gasteiger partial charge in [-0.2, -0.15) is 0 Å². The van der Waals surface area contributed by atoms with Gasteiger partial charge in [-0.15, -0.1) is 0 Å². The molecular formula is C16H23N2O4+. The van der Waals surface area contributed by atoms with Crippen molar-refractivity contribution in [1.82, 2.24) is 4.57 Å². The standard InChI is InChI=1S/C16H23N2O4/c1-4-17-11(3)18(9-13(20)10-19)15-8-12(6-7-14(15)17)16(21)22-5-2/h6-8,13,19-20H,4-5,9-10H2,1-3H3/q+1. The number of carbonyl (C=O) groups is 1. The first kappa shape index (κ1) is 16.5. The van der Waals surface area contributed by atoms with Gasteiger partial charge in [-0.05, 0) is 26.0 Å². The summed E-state index contributed by atoms with van der Waals surface area (Å²) in [5.74, 6) is 0.603. The lowest BCUT2D eigenvalue weighted by Crippen LogP contribution is -2.35. The minimum absolute atomic E-state index is 0.276. The summed E-state index contributed by atoms with van der Waals surface area (Å²) < 4.78 is 9.06. The molecule has 2 aromatic rings. The minimum Gasteiger partial charge on any atom is -0.462 e. The molecule has 1 unspecified atom stereocenters. The number of benzene rings is 1. The van der Waals surface area contributed by atoms with E-state index in [4.69, 9.17) is 9.84 Å². The molecule has 0 aliphatic heterocycles. The smallest absolute Gasteiger partial charge is 0.338 e. The number of imidazole rings is 1. The third kappa shape index (κ3) is 2.98. The number of aliphatic hydroxyl groups is 2. The van der Waals surface area contributed by atoms with Gasteiger partial charge in [-0.1, -0.05) is 0 Å². The molecule has 120 valence electrons. The van der Waals surface area contributed by atoms with Crippen molar-refractivity contribution in [3.8, 4) is 0 Å². The third-order valence-electron chi connectivity index (χ3n) is 3.77. The molecule has 0 spiro atoms. The van der Waals surface area contributed by atoms with E-state index in [0.717, 1.165) is 23.4 Å². The van der Waals surface area contributed by atoms with Crippen LogP contribution in [0.5, 0.6) is 0 Å². The van der Waals surface area contributed by atoms with Crippen LogP contribution in [0.1, 0.15) is 30.0 Å². The Labute approximate surface area is 129 Å². The van der Waals surface area contributed by atoms with E-state index in [1.54, 1.807) is 19.1 Å². The maximum Gasteiger partial charge on any atom is 0.338 e. The molecule has 0 bridgehead atoms. The summed E-state index contributed by atoms with van der Waals surface area (Å²) >= 11 is 0. The third-order valence-corrected chi connectivity index (χ3v) is 3.77. The van der Waals surface area contributed by atoms with E-state index in [9.17, 15) is 9.90 Å². The first-order valence-corrected chi connectivity index (χ1v) is 7.52. The molecule has 0 saturated carbocycles. The Hall–Kier alpha value is -1.92. The van der Waals surface area contributed by atoms with Crippen LogP contribution in [-0.4, -0.2) is 40.1 Å².